The molecule has 0 unspecified atom stereocenters. The number of para-hydroxylation sites is 2. The second-order valence-corrected chi connectivity index (χ2v) is 5.95. The lowest BCUT2D eigenvalue weighted by molar-refractivity contribution is -0.384. The molecule has 1 N–H and O–H groups in total. The first kappa shape index (κ1) is 16.7. The number of nitro groups is 1. The number of fused-ring (bicyclic) bond motifs is 1. The second kappa shape index (κ2) is 7.14. The molecule has 0 radical (unpaired) electrons. The van der Waals surface area contributed by atoms with Crippen LogP contribution in [0, 0.1) is 10.1 Å². The molecular formula is C16H13N3O5S. The van der Waals surface area contributed by atoms with Crippen molar-refractivity contribution in [3.05, 3.63) is 52.6 Å². The Bertz CT molecular complexity index is 940. The third kappa shape index (κ3) is 3.83. The predicted octanol–water partition coefficient (Wildman–Crippen LogP) is 3.23. The van der Waals surface area contributed by atoms with Gasteiger partial charge in [0.1, 0.15) is 0 Å². The predicted molar refractivity (Wildman–Crippen MR) is 93.4 cm³/mol. The number of thiazole rings is 1. The Morgan fingerprint density at radius 1 is 1.28 bits per heavy atom. The zero-order chi connectivity index (χ0) is 17.8. The van der Waals surface area contributed by atoms with Crippen LogP contribution in [0.3, 0.4) is 0 Å². The number of aromatic nitrogens is 1. The topological polar surface area (TPSA) is 104 Å². The normalized spacial score (nSPS) is 10.4. The molecule has 3 aromatic rings. The van der Waals surface area contributed by atoms with E-state index in [9.17, 15) is 14.9 Å². The lowest BCUT2D eigenvalue weighted by atomic mass is 10.3. The molecule has 128 valence electrons. The maximum atomic E-state index is 12.0. The first-order valence-electron chi connectivity index (χ1n) is 7.17. The van der Waals surface area contributed by atoms with Gasteiger partial charge in [-0.15, -0.1) is 0 Å². The van der Waals surface area contributed by atoms with E-state index in [4.69, 9.17) is 9.47 Å². The Morgan fingerprint density at radius 2 is 2.04 bits per heavy atom. The van der Waals surface area contributed by atoms with Gasteiger partial charge in [-0.1, -0.05) is 23.5 Å². The van der Waals surface area contributed by atoms with Crippen molar-refractivity contribution in [1.82, 2.24) is 4.98 Å². The van der Waals surface area contributed by atoms with E-state index in [0.717, 1.165) is 4.70 Å². The summed E-state index contributed by atoms with van der Waals surface area (Å²) in [6.45, 7) is -0.212. The van der Waals surface area contributed by atoms with E-state index in [0.29, 0.717) is 22.1 Å². The molecule has 0 aliphatic heterocycles. The van der Waals surface area contributed by atoms with Crippen LogP contribution in [-0.2, 0) is 4.79 Å². The lowest BCUT2D eigenvalue weighted by Crippen LogP contribution is -2.20. The van der Waals surface area contributed by atoms with Gasteiger partial charge in [-0.3, -0.25) is 20.2 Å². The Labute approximate surface area is 146 Å². The molecule has 8 nitrogen and oxygen atoms in total. The van der Waals surface area contributed by atoms with E-state index in [2.05, 4.69) is 10.3 Å². The molecule has 1 amide bonds. The maximum absolute atomic E-state index is 12.0. The summed E-state index contributed by atoms with van der Waals surface area (Å²) in [5.74, 6) is 0.599. The number of hydrogen-bond donors (Lipinski definition) is 1. The van der Waals surface area contributed by atoms with Crippen LogP contribution < -0.4 is 14.8 Å². The quantitative estimate of drug-likeness (QED) is 0.535. The van der Waals surface area contributed by atoms with Crippen molar-refractivity contribution in [3.8, 4) is 11.5 Å². The van der Waals surface area contributed by atoms with Gasteiger partial charge in [0.15, 0.2) is 23.2 Å². The lowest BCUT2D eigenvalue weighted by Gasteiger charge is -2.09. The highest BCUT2D eigenvalue weighted by Gasteiger charge is 2.13. The van der Waals surface area contributed by atoms with Crippen LogP contribution in [0.4, 0.5) is 10.8 Å². The van der Waals surface area contributed by atoms with Gasteiger partial charge in [-0.2, -0.15) is 0 Å². The van der Waals surface area contributed by atoms with E-state index in [1.54, 1.807) is 30.3 Å². The highest BCUT2D eigenvalue weighted by Crippen LogP contribution is 2.29. The van der Waals surface area contributed by atoms with Gasteiger partial charge < -0.3 is 9.47 Å². The summed E-state index contributed by atoms with van der Waals surface area (Å²) < 4.78 is 11.3. The minimum absolute atomic E-state index is 0.0461. The van der Waals surface area contributed by atoms with E-state index < -0.39 is 4.92 Å². The van der Waals surface area contributed by atoms with Crippen molar-refractivity contribution >= 4 is 38.3 Å². The molecule has 2 aromatic carbocycles. The molecule has 0 atom stereocenters. The number of carbonyl (C=O) groups excluding carboxylic acids is 1. The first-order valence-corrected chi connectivity index (χ1v) is 7.99. The molecule has 0 saturated carbocycles. The number of amides is 1. The molecular weight excluding hydrogens is 346 g/mol. The van der Waals surface area contributed by atoms with Crippen molar-refractivity contribution in [2.75, 3.05) is 19.0 Å². The number of non-ortho nitro benzene ring substituents is 1. The van der Waals surface area contributed by atoms with Gasteiger partial charge >= 0.3 is 0 Å². The number of benzene rings is 2. The maximum Gasteiger partial charge on any atom is 0.271 e. The molecule has 0 aliphatic carbocycles. The molecule has 0 fully saturated rings. The Balaban J connectivity index is 1.66. The number of nitrogens with one attached hydrogen (secondary N) is 1. The molecule has 0 saturated heterocycles. The fourth-order valence-electron chi connectivity index (χ4n) is 2.12. The number of ether oxygens (including phenoxy) is 2. The van der Waals surface area contributed by atoms with Crippen LogP contribution in [0.5, 0.6) is 11.5 Å². The standard InChI is InChI=1S/C16H13N3O5S/c1-23-12-4-2-3-5-13(12)24-9-15(20)18-16-17-11-8-10(19(21)22)6-7-14(11)25-16/h2-8H,9H2,1H3,(H,17,18,20). The van der Waals surface area contributed by atoms with E-state index in [1.165, 1.54) is 30.6 Å². The molecule has 1 heterocycles. The summed E-state index contributed by atoms with van der Waals surface area (Å²) in [6.07, 6.45) is 0. The van der Waals surface area contributed by atoms with Gasteiger partial charge in [-0.25, -0.2) is 4.98 Å². The molecule has 1 aromatic heterocycles. The van der Waals surface area contributed by atoms with Crippen molar-refractivity contribution < 1.29 is 19.2 Å². The highest BCUT2D eigenvalue weighted by atomic mass is 32.1. The fourth-order valence-corrected chi connectivity index (χ4v) is 2.98. The molecule has 0 bridgehead atoms. The summed E-state index contributed by atoms with van der Waals surface area (Å²) in [5.41, 5.74) is 0.412. The summed E-state index contributed by atoms with van der Waals surface area (Å²) in [7, 11) is 1.52. The molecule has 9 heteroatoms. The number of nitrogens with zero attached hydrogens (tertiary/aromatic N) is 2. The summed E-state index contributed by atoms with van der Waals surface area (Å²) in [6, 6.07) is 11.4. The van der Waals surface area contributed by atoms with E-state index in [-0.39, 0.29) is 18.2 Å². The van der Waals surface area contributed by atoms with Crippen molar-refractivity contribution in [1.29, 1.82) is 0 Å². The summed E-state index contributed by atoms with van der Waals surface area (Å²) in [4.78, 5) is 26.5. The highest BCUT2D eigenvalue weighted by molar-refractivity contribution is 7.22. The number of hydrogen-bond acceptors (Lipinski definition) is 7. The minimum atomic E-state index is -0.488. The van der Waals surface area contributed by atoms with Crippen LogP contribution in [0.2, 0.25) is 0 Å². The van der Waals surface area contributed by atoms with E-state index >= 15 is 0 Å². The Hall–Kier alpha value is -3.20. The number of methoxy groups -OCH3 is 1. The molecule has 0 aliphatic rings. The smallest absolute Gasteiger partial charge is 0.271 e. The van der Waals surface area contributed by atoms with Gasteiger partial charge in [0, 0.05) is 12.1 Å². The summed E-state index contributed by atoms with van der Waals surface area (Å²) in [5, 5.41) is 13.8. The number of nitro benzene ring substituents is 1. The average molecular weight is 359 g/mol. The fraction of sp³-hybridized carbons (Fsp3) is 0.125. The van der Waals surface area contributed by atoms with Gasteiger partial charge in [-0.05, 0) is 18.2 Å². The molecule has 0 spiro atoms. The van der Waals surface area contributed by atoms with Crippen LogP contribution in [0.1, 0.15) is 0 Å². The van der Waals surface area contributed by atoms with Crippen LogP contribution in [0.15, 0.2) is 42.5 Å². The third-order valence-electron chi connectivity index (χ3n) is 3.26. The zero-order valence-electron chi connectivity index (χ0n) is 13.1. The van der Waals surface area contributed by atoms with Crippen molar-refractivity contribution in [3.63, 3.8) is 0 Å². The van der Waals surface area contributed by atoms with Crippen molar-refractivity contribution in [2.24, 2.45) is 0 Å². The van der Waals surface area contributed by atoms with Crippen LogP contribution in [0.25, 0.3) is 10.2 Å². The molecule has 3 rings (SSSR count). The number of rotatable bonds is 6. The zero-order valence-corrected chi connectivity index (χ0v) is 13.9. The molecule has 25 heavy (non-hydrogen) atoms. The summed E-state index contributed by atoms with van der Waals surface area (Å²) >= 11 is 1.23. The first-order chi connectivity index (χ1) is 12.1. The van der Waals surface area contributed by atoms with Gasteiger partial charge in [0.25, 0.3) is 11.6 Å². The number of carbonyl (C=O) groups is 1. The Kier molecular flexibility index (Phi) is 4.75. The Morgan fingerprint density at radius 3 is 2.76 bits per heavy atom. The van der Waals surface area contributed by atoms with Crippen LogP contribution >= 0.6 is 11.3 Å². The van der Waals surface area contributed by atoms with E-state index in [1.807, 2.05) is 0 Å². The van der Waals surface area contributed by atoms with Gasteiger partial charge in [0.2, 0.25) is 0 Å². The largest absolute Gasteiger partial charge is 0.493 e. The van der Waals surface area contributed by atoms with Crippen LogP contribution in [-0.4, -0.2) is 29.5 Å². The third-order valence-corrected chi connectivity index (χ3v) is 4.21. The minimum Gasteiger partial charge on any atom is -0.493 e. The van der Waals surface area contributed by atoms with Crippen molar-refractivity contribution in [2.45, 2.75) is 0 Å². The monoisotopic (exact) mass is 359 g/mol. The number of anilines is 1. The second-order valence-electron chi connectivity index (χ2n) is 4.92. The SMILES string of the molecule is COc1ccccc1OCC(=O)Nc1nc2cc([N+](=O)[O-])ccc2s1. The average Bonchev–Trinajstić information content (AvgIpc) is 3.01. The van der Waals surface area contributed by atoms with Gasteiger partial charge in [0.05, 0.1) is 22.2 Å².